The van der Waals surface area contributed by atoms with Crippen LogP contribution in [0, 0.1) is 24.0 Å². The van der Waals surface area contributed by atoms with Gasteiger partial charge in [-0.05, 0) is 26.0 Å². The molecule has 0 aliphatic heterocycles. The van der Waals surface area contributed by atoms with Gasteiger partial charge in [0.15, 0.2) is 0 Å². The average Bonchev–Trinajstić information content (AvgIpc) is 2.27. The largest absolute Gasteiger partial charge is 0.340 e. The number of hydrogen-bond donors (Lipinski definition) is 1. The lowest BCUT2D eigenvalue weighted by atomic mass is 10.3. The number of aromatic nitrogens is 2. The summed E-state index contributed by atoms with van der Waals surface area (Å²) in [6.07, 6.45) is 1.40. The van der Waals surface area contributed by atoms with Gasteiger partial charge in [-0.15, -0.1) is 0 Å². The second-order valence-electron chi connectivity index (χ2n) is 3.92. The molecular weight excluding hydrogens is 232 g/mol. The Bertz CT molecular complexity index is 578. The van der Waals surface area contributed by atoms with Gasteiger partial charge >= 0.3 is 0 Å². The lowest BCUT2D eigenvalue weighted by Crippen LogP contribution is -1.97. The molecule has 0 saturated heterocycles. The Hall–Kier alpha value is -2.50. The molecule has 1 N–H and O–H groups in total. The molecule has 0 amide bonds. The van der Waals surface area contributed by atoms with Crippen LogP contribution >= 0.6 is 0 Å². The van der Waals surface area contributed by atoms with Crippen molar-refractivity contribution < 1.29 is 4.92 Å². The Labute approximate surface area is 104 Å². The molecule has 18 heavy (non-hydrogen) atoms. The average molecular weight is 244 g/mol. The number of nitrogens with one attached hydrogen (secondary N) is 1. The fourth-order valence-corrected chi connectivity index (χ4v) is 1.66. The van der Waals surface area contributed by atoms with Crippen LogP contribution < -0.4 is 5.32 Å². The zero-order valence-electron chi connectivity index (χ0n) is 10.0. The fraction of sp³-hybridized carbons (Fsp3) is 0.167. The maximum Gasteiger partial charge on any atom is 0.274 e. The van der Waals surface area contributed by atoms with Crippen LogP contribution in [0.5, 0.6) is 0 Å². The molecule has 0 spiro atoms. The predicted molar refractivity (Wildman–Crippen MR) is 67.9 cm³/mol. The van der Waals surface area contributed by atoms with E-state index in [4.69, 9.17) is 0 Å². The molecule has 2 rings (SSSR count). The number of nitrogens with zero attached hydrogens (tertiary/aromatic N) is 3. The molecule has 0 aliphatic carbocycles. The Morgan fingerprint density at radius 1 is 1.22 bits per heavy atom. The molecule has 92 valence electrons. The second kappa shape index (κ2) is 4.79. The summed E-state index contributed by atoms with van der Waals surface area (Å²) in [4.78, 5) is 18.5. The molecule has 6 heteroatoms. The van der Waals surface area contributed by atoms with Crippen LogP contribution in [0.1, 0.15) is 11.4 Å². The van der Waals surface area contributed by atoms with E-state index < -0.39 is 4.92 Å². The van der Waals surface area contributed by atoms with Crippen molar-refractivity contribution in [2.75, 3.05) is 5.32 Å². The van der Waals surface area contributed by atoms with Gasteiger partial charge in [-0.25, -0.2) is 4.98 Å². The van der Waals surface area contributed by atoms with E-state index in [9.17, 15) is 10.1 Å². The van der Waals surface area contributed by atoms with Crippen LogP contribution in [0.3, 0.4) is 0 Å². The van der Waals surface area contributed by atoms with Crippen LogP contribution in [-0.4, -0.2) is 14.9 Å². The number of anilines is 2. The SMILES string of the molecule is Cc1cc(Nc2cc([N+](=O)[O-])ccn2)cc(C)n1. The van der Waals surface area contributed by atoms with E-state index in [1.54, 1.807) is 0 Å². The quantitative estimate of drug-likeness (QED) is 0.663. The molecule has 2 aromatic rings. The summed E-state index contributed by atoms with van der Waals surface area (Å²) in [5, 5.41) is 13.7. The van der Waals surface area contributed by atoms with Crippen molar-refractivity contribution in [3.8, 4) is 0 Å². The van der Waals surface area contributed by atoms with Crippen LogP contribution in [-0.2, 0) is 0 Å². The molecule has 0 aromatic carbocycles. The highest BCUT2D eigenvalue weighted by Crippen LogP contribution is 2.19. The first-order valence-corrected chi connectivity index (χ1v) is 5.37. The van der Waals surface area contributed by atoms with Gasteiger partial charge in [-0.2, -0.15) is 0 Å². The first-order valence-electron chi connectivity index (χ1n) is 5.37. The molecule has 2 aromatic heterocycles. The first kappa shape index (κ1) is 12.0. The maximum absolute atomic E-state index is 10.7. The second-order valence-corrected chi connectivity index (χ2v) is 3.92. The molecule has 2 heterocycles. The monoisotopic (exact) mass is 244 g/mol. The van der Waals surface area contributed by atoms with Crippen molar-refractivity contribution >= 4 is 17.2 Å². The van der Waals surface area contributed by atoms with Crippen molar-refractivity contribution in [3.05, 3.63) is 52.0 Å². The summed E-state index contributed by atoms with van der Waals surface area (Å²) in [6, 6.07) is 6.46. The van der Waals surface area contributed by atoms with Crippen LogP contribution in [0.15, 0.2) is 30.5 Å². The number of nitro groups is 1. The van der Waals surface area contributed by atoms with E-state index in [0.29, 0.717) is 5.82 Å². The van der Waals surface area contributed by atoms with Gasteiger partial charge in [0.2, 0.25) is 0 Å². The third kappa shape index (κ3) is 2.79. The van der Waals surface area contributed by atoms with Gasteiger partial charge in [0, 0.05) is 29.3 Å². The van der Waals surface area contributed by atoms with E-state index in [1.807, 2.05) is 26.0 Å². The highest BCUT2D eigenvalue weighted by Gasteiger charge is 2.07. The Kier molecular flexibility index (Phi) is 3.18. The first-order chi connectivity index (χ1) is 8.54. The van der Waals surface area contributed by atoms with Crippen LogP contribution in [0.25, 0.3) is 0 Å². The van der Waals surface area contributed by atoms with Crippen molar-refractivity contribution in [2.24, 2.45) is 0 Å². The lowest BCUT2D eigenvalue weighted by molar-refractivity contribution is -0.384. The minimum atomic E-state index is -0.449. The summed E-state index contributed by atoms with van der Waals surface area (Å²) in [6.45, 7) is 3.78. The van der Waals surface area contributed by atoms with E-state index in [2.05, 4.69) is 15.3 Å². The topological polar surface area (TPSA) is 81.0 Å². The van der Waals surface area contributed by atoms with Crippen LogP contribution in [0.4, 0.5) is 17.2 Å². The maximum atomic E-state index is 10.7. The number of rotatable bonds is 3. The van der Waals surface area contributed by atoms with Gasteiger partial charge in [-0.1, -0.05) is 0 Å². The summed E-state index contributed by atoms with van der Waals surface area (Å²) in [7, 11) is 0. The Balaban J connectivity index is 2.28. The normalized spacial score (nSPS) is 10.1. The molecule has 6 nitrogen and oxygen atoms in total. The zero-order valence-corrected chi connectivity index (χ0v) is 10.0. The highest BCUT2D eigenvalue weighted by atomic mass is 16.6. The van der Waals surface area contributed by atoms with Crippen molar-refractivity contribution in [1.82, 2.24) is 9.97 Å². The third-order valence-corrected chi connectivity index (χ3v) is 2.31. The summed E-state index contributed by atoms with van der Waals surface area (Å²) < 4.78 is 0. The highest BCUT2D eigenvalue weighted by molar-refractivity contribution is 5.58. The molecule has 0 radical (unpaired) electrons. The summed E-state index contributed by atoms with van der Waals surface area (Å²) in [5.74, 6) is 0.439. The Morgan fingerprint density at radius 2 is 1.89 bits per heavy atom. The van der Waals surface area contributed by atoms with E-state index in [1.165, 1.54) is 18.3 Å². The van der Waals surface area contributed by atoms with Gasteiger partial charge in [-0.3, -0.25) is 15.1 Å². The number of pyridine rings is 2. The lowest BCUT2D eigenvalue weighted by Gasteiger charge is -2.07. The molecule has 0 unspecified atom stereocenters. The smallest absolute Gasteiger partial charge is 0.274 e. The van der Waals surface area contributed by atoms with Crippen molar-refractivity contribution in [3.63, 3.8) is 0 Å². The minimum Gasteiger partial charge on any atom is -0.340 e. The van der Waals surface area contributed by atoms with Gasteiger partial charge < -0.3 is 5.32 Å². The van der Waals surface area contributed by atoms with Crippen molar-refractivity contribution in [1.29, 1.82) is 0 Å². The molecule has 0 saturated carbocycles. The minimum absolute atomic E-state index is 0.00926. The third-order valence-electron chi connectivity index (χ3n) is 2.31. The molecule has 0 bridgehead atoms. The Morgan fingerprint density at radius 3 is 2.50 bits per heavy atom. The summed E-state index contributed by atoms with van der Waals surface area (Å²) >= 11 is 0. The standard InChI is InChI=1S/C12H12N4O2/c1-8-5-10(6-9(2)14-8)15-12-7-11(16(17)18)3-4-13-12/h3-7H,1-2H3,(H,13,14,15). The zero-order chi connectivity index (χ0) is 13.1. The van der Waals surface area contributed by atoms with Crippen LogP contribution in [0.2, 0.25) is 0 Å². The van der Waals surface area contributed by atoms with E-state index in [-0.39, 0.29) is 5.69 Å². The molecular formula is C12H12N4O2. The predicted octanol–water partition coefficient (Wildman–Crippen LogP) is 2.75. The number of aryl methyl sites for hydroxylation is 2. The molecule has 0 fully saturated rings. The van der Waals surface area contributed by atoms with Gasteiger partial charge in [0.25, 0.3) is 5.69 Å². The van der Waals surface area contributed by atoms with Gasteiger partial charge in [0.05, 0.1) is 11.0 Å². The van der Waals surface area contributed by atoms with Crippen molar-refractivity contribution in [2.45, 2.75) is 13.8 Å². The van der Waals surface area contributed by atoms with Gasteiger partial charge in [0.1, 0.15) is 5.82 Å². The number of hydrogen-bond acceptors (Lipinski definition) is 5. The molecule has 0 aliphatic rings. The summed E-state index contributed by atoms with van der Waals surface area (Å²) in [5.41, 5.74) is 2.58. The van der Waals surface area contributed by atoms with E-state index >= 15 is 0 Å². The van der Waals surface area contributed by atoms with E-state index in [0.717, 1.165) is 17.1 Å². The molecule has 0 atom stereocenters. The fourth-order valence-electron chi connectivity index (χ4n) is 1.66.